The molecule has 5 nitrogen and oxygen atoms in total. The van der Waals surface area contributed by atoms with Gasteiger partial charge in [-0.25, -0.2) is 9.78 Å². The highest BCUT2D eigenvalue weighted by molar-refractivity contribution is 5.79. The Labute approximate surface area is 101 Å². The van der Waals surface area contributed by atoms with Crippen molar-refractivity contribution in [1.29, 1.82) is 0 Å². The van der Waals surface area contributed by atoms with E-state index in [0.29, 0.717) is 11.0 Å². The van der Waals surface area contributed by atoms with Gasteiger partial charge >= 0.3 is 5.69 Å². The smallest absolute Gasteiger partial charge is 0.291 e. The van der Waals surface area contributed by atoms with E-state index in [0.717, 1.165) is 11.1 Å². The number of hydrogen-bond acceptors (Lipinski definition) is 3. The number of H-pyrrole nitrogens is 2. The number of nitrogens with zero attached hydrogens (tertiary/aromatic N) is 1. The first-order valence-corrected chi connectivity index (χ1v) is 5.42. The summed E-state index contributed by atoms with van der Waals surface area (Å²) in [6.45, 7) is 0. The zero-order chi connectivity index (χ0) is 12.5. The Morgan fingerprint density at radius 2 is 1.72 bits per heavy atom. The van der Waals surface area contributed by atoms with Crippen molar-refractivity contribution in [3.05, 3.63) is 63.4 Å². The lowest BCUT2D eigenvalue weighted by molar-refractivity contribution is 1.06. The minimum atomic E-state index is -0.549. The molecule has 2 aromatic heterocycles. The molecule has 0 aliphatic carbocycles. The van der Waals surface area contributed by atoms with Gasteiger partial charge in [0.15, 0.2) is 0 Å². The molecule has 0 radical (unpaired) electrons. The van der Waals surface area contributed by atoms with E-state index >= 15 is 0 Å². The van der Waals surface area contributed by atoms with Crippen molar-refractivity contribution in [3.8, 4) is 11.1 Å². The number of rotatable bonds is 1. The molecule has 0 amide bonds. The topological polar surface area (TPSA) is 78.6 Å². The quantitative estimate of drug-likeness (QED) is 0.671. The van der Waals surface area contributed by atoms with Gasteiger partial charge in [0.2, 0.25) is 0 Å². The van der Waals surface area contributed by atoms with E-state index in [-0.39, 0.29) is 0 Å². The molecule has 0 saturated heterocycles. The maximum absolute atomic E-state index is 11.7. The highest BCUT2D eigenvalue weighted by Gasteiger charge is 2.04. The zero-order valence-electron chi connectivity index (χ0n) is 9.31. The third-order valence-corrected chi connectivity index (χ3v) is 2.70. The van der Waals surface area contributed by atoms with E-state index in [4.69, 9.17) is 0 Å². The van der Waals surface area contributed by atoms with Crippen LogP contribution in [0.15, 0.2) is 52.2 Å². The molecule has 0 aliphatic rings. The van der Waals surface area contributed by atoms with Crippen LogP contribution in [0.2, 0.25) is 0 Å². The van der Waals surface area contributed by atoms with Gasteiger partial charge in [0.05, 0.1) is 5.39 Å². The van der Waals surface area contributed by atoms with Crippen molar-refractivity contribution in [2.24, 2.45) is 0 Å². The molecule has 5 heteroatoms. The SMILES string of the molecule is O=c1[nH]c(=O)c2cc(-c3ccccc3)cnc2[nH]1. The molecule has 2 heterocycles. The van der Waals surface area contributed by atoms with Gasteiger partial charge in [0.25, 0.3) is 5.56 Å². The number of benzene rings is 1. The molecular formula is C13H9N3O2. The maximum atomic E-state index is 11.7. The summed E-state index contributed by atoms with van der Waals surface area (Å²) in [5, 5.41) is 0.371. The van der Waals surface area contributed by atoms with Gasteiger partial charge in [0.1, 0.15) is 5.65 Å². The summed E-state index contributed by atoms with van der Waals surface area (Å²) in [5.74, 6) is 0. The Kier molecular flexibility index (Phi) is 2.30. The minimum absolute atomic E-state index is 0.295. The zero-order valence-corrected chi connectivity index (χ0v) is 9.31. The molecule has 2 N–H and O–H groups in total. The number of hydrogen-bond donors (Lipinski definition) is 2. The van der Waals surface area contributed by atoms with Crippen LogP contribution in [0.4, 0.5) is 0 Å². The average molecular weight is 239 g/mol. The fourth-order valence-corrected chi connectivity index (χ4v) is 1.84. The minimum Gasteiger partial charge on any atom is -0.291 e. The highest BCUT2D eigenvalue weighted by Crippen LogP contribution is 2.19. The van der Waals surface area contributed by atoms with Crippen LogP contribution in [0.1, 0.15) is 0 Å². The third-order valence-electron chi connectivity index (χ3n) is 2.70. The van der Waals surface area contributed by atoms with Gasteiger partial charge in [0, 0.05) is 11.8 Å². The summed E-state index contributed by atoms with van der Waals surface area (Å²) in [5.41, 5.74) is 1.12. The number of nitrogens with one attached hydrogen (secondary N) is 2. The number of aromatic amines is 2. The monoisotopic (exact) mass is 239 g/mol. The van der Waals surface area contributed by atoms with Crippen molar-refractivity contribution >= 4 is 11.0 Å². The van der Waals surface area contributed by atoms with Crippen molar-refractivity contribution in [2.45, 2.75) is 0 Å². The molecule has 18 heavy (non-hydrogen) atoms. The predicted molar refractivity (Wildman–Crippen MR) is 68.4 cm³/mol. The molecule has 0 bridgehead atoms. The van der Waals surface area contributed by atoms with Crippen molar-refractivity contribution in [3.63, 3.8) is 0 Å². The summed E-state index contributed by atoms with van der Waals surface area (Å²) in [7, 11) is 0. The van der Waals surface area contributed by atoms with Crippen LogP contribution in [-0.4, -0.2) is 15.0 Å². The summed E-state index contributed by atoms with van der Waals surface area (Å²) < 4.78 is 0. The lowest BCUT2D eigenvalue weighted by Crippen LogP contribution is -2.22. The van der Waals surface area contributed by atoms with Crippen molar-refractivity contribution in [1.82, 2.24) is 15.0 Å². The lowest BCUT2D eigenvalue weighted by Gasteiger charge is -2.02. The summed E-state index contributed by atoms with van der Waals surface area (Å²) >= 11 is 0. The number of aromatic nitrogens is 3. The average Bonchev–Trinajstić information content (AvgIpc) is 2.39. The second kappa shape index (κ2) is 3.96. The van der Waals surface area contributed by atoms with Gasteiger partial charge in [-0.3, -0.25) is 14.8 Å². The van der Waals surface area contributed by atoms with E-state index in [1.54, 1.807) is 12.3 Å². The lowest BCUT2D eigenvalue weighted by atomic mass is 10.1. The van der Waals surface area contributed by atoms with Crippen molar-refractivity contribution in [2.75, 3.05) is 0 Å². The molecule has 0 atom stereocenters. The molecule has 0 saturated carbocycles. The molecule has 88 valence electrons. The standard InChI is InChI=1S/C13H9N3O2/c17-12-10-6-9(8-4-2-1-3-5-8)7-14-11(10)15-13(18)16-12/h1-7H,(H2,14,15,16,17,18). The Hall–Kier alpha value is -2.69. The molecule has 3 rings (SSSR count). The Balaban J connectivity index is 2.30. The number of fused-ring (bicyclic) bond motifs is 1. The fraction of sp³-hybridized carbons (Fsp3) is 0. The van der Waals surface area contributed by atoms with Crippen LogP contribution >= 0.6 is 0 Å². The number of pyridine rings is 1. The van der Waals surface area contributed by atoms with Crippen LogP contribution in [0.25, 0.3) is 22.2 Å². The normalized spacial score (nSPS) is 10.7. The Morgan fingerprint density at radius 1 is 0.944 bits per heavy atom. The van der Waals surface area contributed by atoms with Crippen LogP contribution in [0, 0.1) is 0 Å². The van der Waals surface area contributed by atoms with E-state index < -0.39 is 11.2 Å². The van der Waals surface area contributed by atoms with E-state index in [1.165, 1.54) is 0 Å². The first kappa shape index (κ1) is 10.5. The van der Waals surface area contributed by atoms with Gasteiger partial charge in [-0.1, -0.05) is 30.3 Å². The van der Waals surface area contributed by atoms with E-state index in [2.05, 4.69) is 15.0 Å². The van der Waals surface area contributed by atoms with Gasteiger partial charge in [-0.05, 0) is 11.6 Å². The van der Waals surface area contributed by atoms with Crippen LogP contribution in [-0.2, 0) is 0 Å². The van der Waals surface area contributed by atoms with Crippen LogP contribution < -0.4 is 11.2 Å². The molecule has 3 aromatic rings. The molecule has 0 aliphatic heterocycles. The van der Waals surface area contributed by atoms with Crippen LogP contribution in [0.3, 0.4) is 0 Å². The molecule has 1 aromatic carbocycles. The molecule has 0 spiro atoms. The fourth-order valence-electron chi connectivity index (χ4n) is 1.84. The van der Waals surface area contributed by atoms with Gasteiger partial charge in [-0.2, -0.15) is 0 Å². The second-order valence-corrected chi connectivity index (χ2v) is 3.89. The summed E-state index contributed by atoms with van der Waals surface area (Å²) in [4.78, 5) is 31.6. The summed E-state index contributed by atoms with van der Waals surface area (Å²) in [6, 6.07) is 11.3. The van der Waals surface area contributed by atoms with Crippen molar-refractivity contribution < 1.29 is 0 Å². The second-order valence-electron chi connectivity index (χ2n) is 3.89. The Morgan fingerprint density at radius 3 is 2.50 bits per heavy atom. The Bertz CT molecular complexity index is 819. The summed E-state index contributed by atoms with van der Waals surface area (Å²) in [6.07, 6.45) is 1.63. The third kappa shape index (κ3) is 1.71. The maximum Gasteiger partial charge on any atom is 0.327 e. The largest absolute Gasteiger partial charge is 0.327 e. The van der Waals surface area contributed by atoms with Crippen LogP contribution in [0.5, 0.6) is 0 Å². The first-order valence-electron chi connectivity index (χ1n) is 5.42. The first-order chi connectivity index (χ1) is 8.74. The molecular weight excluding hydrogens is 230 g/mol. The van der Waals surface area contributed by atoms with Gasteiger partial charge in [-0.15, -0.1) is 0 Å². The molecule has 0 unspecified atom stereocenters. The predicted octanol–water partition coefficient (Wildman–Crippen LogP) is 1.28. The molecule has 0 fully saturated rings. The highest BCUT2D eigenvalue weighted by atomic mass is 16.2. The van der Waals surface area contributed by atoms with E-state index in [9.17, 15) is 9.59 Å². The van der Waals surface area contributed by atoms with E-state index in [1.807, 2.05) is 30.3 Å². The van der Waals surface area contributed by atoms with Gasteiger partial charge < -0.3 is 0 Å².